The number of likely N-dealkylation sites (N-methyl/N-ethyl adjacent to an activating group) is 1. The van der Waals surface area contributed by atoms with Crippen molar-refractivity contribution in [3.8, 4) is 5.75 Å². The number of carboxylic acid groups (broad SMARTS) is 1. The lowest BCUT2D eigenvalue weighted by Gasteiger charge is -2.11. The number of carbonyl (C=O) groups is 2. The smallest absolute Gasteiger partial charge is 0.323 e. The molecule has 0 aliphatic carbocycles. The largest absolute Gasteiger partial charge is 0.496 e. The molecule has 0 fully saturated rings. The molecule has 0 saturated carbocycles. The minimum absolute atomic E-state index is 0.335. The molecule has 1 aromatic rings. The molecule has 0 atom stereocenters. The van der Waals surface area contributed by atoms with Gasteiger partial charge in [-0.25, -0.2) is 0 Å². The van der Waals surface area contributed by atoms with Crippen LogP contribution in [-0.4, -0.2) is 42.6 Å². The van der Waals surface area contributed by atoms with E-state index in [9.17, 15) is 9.59 Å². The number of nitrogens with zero attached hydrogens (tertiary/aromatic N) is 1. The highest BCUT2D eigenvalue weighted by Crippen LogP contribution is 2.24. The van der Waals surface area contributed by atoms with Gasteiger partial charge in [-0.15, -0.1) is 0 Å². The third-order valence-corrected chi connectivity index (χ3v) is 2.84. The van der Waals surface area contributed by atoms with E-state index in [-0.39, 0.29) is 12.5 Å². The fourth-order valence-corrected chi connectivity index (χ4v) is 1.78. The van der Waals surface area contributed by atoms with Crippen molar-refractivity contribution >= 4 is 33.9 Å². The van der Waals surface area contributed by atoms with Crippen molar-refractivity contribution in [2.45, 2.75) is 0 Å². The highest BCUT2D eigenvalue weighted by atomic mass is 79.9. The summed E-state index contributed by atoms with van der Waals surface area (Å²) in [5, 5.41) is 8.59. The molecule has 1 N–H and O–H groups in total. The molecule has 0 unspecified atom stereocenters. The van der Waals surface area contributed by atoms with Gasteiger partial charge in [0.05, 0.1) is 7.11 Å². The maximum Gasteiger partial charge on any atom is 0.323 e. The summed E-state index contributed by atoms with van der Waals surface area (Å²) in [6, 6.07) is 5.41. The summed E-state index contributed by atoms with van der Waals surface area (Å²) in [6.07, 6.45) is 2.90. The van der Waals surface area contributed by atoms with Crippen molar-refractivity contribution in [3.63, 3.8) is 0 Å². The molecular weight excluding hydrogens is 314 g/mol. The Balaban J connectivity index is 2.83. The van der Waals surface area contributed by atoms with E-state index in [4.69, 9.17) is 9.84 Å². The Morgan fingerprint density at radius 2 is 2.16 bits per heavy atom. The molecule has 5 nitrogen and oxygen atoms in total. The number of carbonyl (C=O) groups excluding carboxylic acids is 1. The summed E-state index contributed by atoms with van der Waals surface area (Å²) < 4.78 is 6.03. The van der Waals surface area contributed by atoms with E-state index in [2.05, 4.69) is 15.9 Å². The molecule has 0 saturated heterocycles. The van der Waals surface area contributed by atoms with Crippen LogP contribution in [0, 0.1) is 0 Å². The number of halogens is 1. The number of aliphatic carboxylic acids is 1. The molecule has 0 heterocycles. The Morgan fingerprint density at radius 3 is 2.74 bits per heavy atom. The van der Waals surface area contributed by atoms with Gasteiger partial charge in [0.15, 0.2) is 0 Å². The van der Waals surface area contributed by atoms with Crippen molar-refractivity contribution in [2.24, 2.45) is 0 Å². The Hall–Kier alpha value is -1.82. The first-order valence-electron chi connectivity index (χ1n) is 5.42. The first-order valence-corrected chi connectivity index (χ1v) is 6.22. The molecule has 0 bridgehead atoms. The minimum Gasteiger partial charge on any atom is -0.496 e. The van der Waals surface area contributed by atoms with Crippen LogP contribution in [0.5, 0.6) is 5.75 Å². The van der Waals surface area contributed by atoms with E-state index < -0.39 is 5.97 Å². The van der Waals surface area contributed by atoms with Crippen molar-refractivity contribution in [1.29, 1.82) is 0 Å². The van der Waals surface area contributed by atoms with Gasteiger partial charge in [0.25, 0.3) is 0 Å². The van der Waals surface area contributed by atoms with Gasteiger partial charge in [0, 0.05) is 23.2 Å². The lowest BCUT2D eigenvalue weighted by atomic mass is 10.2. The highest BCUT2D eigenvalue weighted by molar-refractivity contribution is 9.10. The molecule has 19 heavy (non-hydrogen) atoms. The van der Waals surface area contributed by atoms with Gasteiger partial charge in [-0.1, -0.05) is 15.9 Å². The van der Waals surface area contributed by atoms with Crippen LogP contribution in [0.2, 0.25) is 0 Å². The second-order valence-electron chi connectivity index (χ2n) is 3.81. The summed E-state index contributed by atoms with van der Waals surface area (Å²) in [5.74, 6) is -0.804. The fourth-order valence-electron chi connectivity index (χ4n) is 1.40. The van der Waals surface area contributed by atoms with Crippen LogP contribution in [0.15, 0.2) is 28.7 Å². The van der Waals surface area contributed by atoms with Crippen LogP contribution in [0.25, 0.3) is 6.08 Å². The number of carboxylic acids is 1. The molecule has 0 aliphatic rings. The van der Waals surface area contributed by atoms with E-state index >= 15 is 0 Å². The van der Waals surface area contributed by atoms with Gasteiger partial charge in [-0.2, -0.15) is 0 Å². The average molecular weight is 328 g/mol. The lowest BCUT2D eigenvalue weighted by molar-refractivity contribution is -0.141. The highest BCUT2D eigenvalue weighted by Gasteiger charge is 2.09. The third-order valence-electron chi connectivity index (χ3n) is 2.35. The van der Waals surface area contributed by atoms with E-state index in [1.54, 1.807) is 25.3 Å². The van der Waals surface area contributed by atoms with E-state index in [1.165, 1.54) is 13.1 Å². The van der Waals surface area contributed by atoms with Crippen molar-refractivity contribution in [2.75, 3.05) is 20.7 Å². The molecule has 1 amide bonds. The van der Waals surface area contributed by atoms with Gasteiger partial charge >= 0.3 is 5.97 Å². The van der Waals surface area contributed by atoms with E-state index in [1.807, 2.05) is 6.07 Å². The van der Waals surface area contributed by atoms with Gasteiger partial charge in [0.2, 0.25) is 5.91 Å². The van der Waals surface area contributed by atoms with Gasteiger partial charge in [0.1, 0.15) is 12.3 Å². The molecule has 0 aliphatic heterocycles. The SMILES string of the molecule is COc1ccc(Br)cc1/C=C/C(=O)N(C)CC(=O)O. The van der Waals surface area contributed by atoms with Crippen molar-refractivity contribution in [3.05, 3.63) is 34.3 Å². The number of ether oxygens (including phenoxy) is 1. The number of methoxy groups -OCH3 is 1. The zero-order valence-corrected chi connectivity index (χ0v) is 12.2. The predicted octanol–water partition coefficient (Wildman–Crippen LogP) is 2.01. The lowest BCUT2D eigenvalue weighted by Crippen LogP contribution is -2.30. The Bertz CT molecular complexity index is 513. The zero-order valence-electron chi connectivity index (χ0n) is 10.6. The quantitative estimate of drug-likeness (QED) is 0.840. The summed E-state index contributed by atoms with van der Waals surface area (Å²) in [4.78, 5) is 23.3. The van der Waals surface area contributed by atoms with Gasteiger partial charge in [-0.05, 0) is 24.3 Å². The van der Waals surface area contributed by atoms with Crippen LogP contribution in [-0.2, 0) is 9.59 Å². The normalized spacial score (nSPS) is 10.5. The first-order chi connectivity index (χ1) is 8.93. The summed E-state index contributed by atoms with van der Waals surface area (Å²) >= 11 is 3.33. The standard InChI is InChI=1S/C13H14BrNO4/c1-15(8-13(17)18)12(16)6-3-9-7-10(14)4-5-11(9)19-2/h3-7H,8H2,1-2H3,(H,17,18)/b6-3+. The minimum atomic E-state index is -1.05. The maximum absolute atomic E-state index is 11.7. The molecular formula is C13H14BrNO4. The molecule has 1 aromatic carbocycles. The summed E-state index contributed by atoms with van der Waals surface area (Å²) in [5.41, 5.74) is 0.731. The number of amides is 1. The van der Waals surface area contributed by atoms with E-state index in [0.29, 0.717) is 5.75 Å². The Kier molecular flexibility index (Phi) is 5.57. The summed E-state index contributed by atoms with van der Waals surface area (Å²) in [6.45, 7) is -0.335. The fraction of sp³-hybridized carbons (Fsp3) is 0.231. The van der Waals surface area contributed by atoms with Crippen LogP contribution in [0.4, 0.5) is 0 Å². The van der Waals surface area contributed by atoms with Crippen LogP contribution < -0.4 is 4.74 Å². The monoisotopic (exact) mass is 327 g/mol. The van der Waals surface area contributed by atoms with Crippen LogP contribution in [0.3, 0.4) is 0 Å². The van der Waals surface area contributed by atoms with Crippen LogP contribution >= 0.6 is 15.9 Å². The van der Waals surface area contributed by atoms with Gasteiger partial charge in [-0.3, -0.25) is 9.59 Å². The molecule has 0 radical (unpaired) electrons. The topological polar surface area (TPSA) is 66.8 Å². The molecule has 1 rings (SSSR count). The number of hydrogen-bond acceptors (Lipinski definition) is 3. The summed E-state index contributed by atoms with van der Waals surface area (Å²) in [7, 11) is 2.97. The van der Waals surface area contributed by atoms with Crippen molar-refractivity contribution in [1.82, 2.24) is 4.90 Å². The zero-order chi connectivity index (χ0) is 14.4. The maximum atomic E-state index is 11.7. The number of hydrogen-bond donors (Lipinski definition) is 1. The van der Waals surface area contributed by atoms with E-state index in [0.717, 1.165) is 14.9 Å². The molecule has 0 aromatic heterocycles. The molecule has 0 spiro atoms. The second kappa shape index (κ2) is 6.94. The predicted molar refractivity (Wildman–Crippen MR) is 75.0 cm³/mol. The van der Waals surface area contributed by atoms with Gasteiger partial charge < -0.3 is 14.7 Å². The van der Waals surface area contributed by atoms with Crippen LogP contribution in [0.1, 0.15) is 5.56 Å². The Morgan fingerprint density at radius 1 is 1.47 bits per heavy atom. The third kappa shape index (κ3) is 4.75. The van der Waals surface area contributed by atoms with Crippen molar-refractivity contribution < 1.29 is 19.4 Å². The second-order valence-corrected chi connectivity index (χ2v) is 4.72. The number of benzene rings is 1. The Labute approximate surface area is 119 Å². The number of rotatable bonds is 5. The average Bonchev–Trinajstić information content (AvgIpc) is 2.35. The molecule has 6 heteroatoms. The first kappa shape index (κ1) is 15.2. The molecule has 102 valence electrons.